The standard InChI is InChI=1S/C20H23N3O3S/c1-14-4-2-3-5-19(14)23-27(24,25)18-10-15-7-9-26-20(15)16(11-18)12-22-17-6-8-21-13-17/h2-5,7,9-11,17,21-23H,6,8,12-13H2,1H3/t17-/m1/s1. The van der Waals surface area contributed by atoms with Crippen LogP contribution in [-0.2, 0) is 16.6 Å². The summed E-state index contributed by atoms with van der Waals surface area (Å²) in [6, 6.07) is 12.9. The van der Waals surface area contributed by atoms with E-state index in [-0.39, 0.29) is 4.90 Å². The van der Waals surface area contributed by atoms with Gasteiger partial charge in [-0.2, -0.15) is 0 Å². The summed E-state index contributed by atoms with van der Waals surface area (Å²) in [6.07, 6.45) is 2.66. The number of aryl methyl sites for hydroxylation is 1. The summed E-state index contributed by atoms with van der Waals surface area (Å²) in [6.45, 7) is 4.36. The summed E-state index contributed by atoms with van der Waals surface area (Å²) >= 11 is 0. The van der Waals surface area contributed by atoms with Crippen molar-refractivity contribution >= 4 is 26.7 Å². The van der Waals surface area contributed by atoms with Gasteiger partial charge in [0.25, 0.3) is 10.0 Å². The van der Waals surface area contributed by atoms with Gasteiger partial charge < -0.3 is 15.1 Å². The fourth-order valence-corrected chi connectivity index (χ4v) is 4.60. The van der Waals surface area contributed by atoms with E-state index in [4.69, 9.17) is 4.42 Å². The van der Waals surface area contributed by atoms with Crippen LogP contribution in [0.25, 0.3) is 11.0 Å². The van der Waals surface area contributed by atoms with Crippen LogP contribution in [0.5, 0.6) is 0 Å². The maximum Gasteiger partial charge on any atom is 0.261 e. The second-order valence-electron chi connectivity index (χ2n) is 6.91. The number of benzene rings is 2. The van der Waals surface area contributed by atoms with E-state index in [2.05, 4.69) is 15.4 Å². The zero-order chi connectivity index (χ0) is 18.9. The molecule has 0 amide bonds. The van der Waals surface area contributed by atoms with Crippen LogP contribution in [0, 0.1) is 6.92 Å². The molecule has 0 radical (unpaired) electrons. The molecule has 1 fully saturated rings. The Morgan fingerprint density at radius 3 is 2.85 bits per heavy atom. The molecule has 2 heterocycles. The first-order valence-electron chi connectivity index (χ1n) is 9.05. The largest absolute Gasteiger partial charge is 0.464 e. The summed E-state index contributed by atoms with van der Waals surface area (Å²) in [5.74, 6) is 0. The van der Waals surface area contributed by atoms with Gasteiger partial charge in [-0.15, -0.1) is 0 Å². The van der Waals surface area contributed by atoms with Crippen LogP contribution >= 0.6 is 0 Å². The zero-order valence-corrected chi connectivity index (χ0v) is 16.0. The zero-order valence-electron chi connectivity index (χ0n) is 15.2. The number of para-hydroxylation sites is 1. The number of fused-ring (bicyclic) bond motifs is 1. The monoisotopic (exact) mass is 385 g/mol. The molecule has 3 aromatic rings. The predicted octanol–water partition coefficient (Wildman–Crippen LogP) is 2.99. The molecule has 1 atom stereocenters. The van der Waals surface area contributed by atoms with E-state index in [1.807, 2.05) is 25.1 Å². The molecule has 4 rings (SSSR count). The van der Waals surface area contributed by atoms with Gasteiger partial charge in [0, 0.05) is 30.1 Å². The summed E-state index contributed by atoms with van der Waals surface area (Å²) < 4.78 is 34.2. The highest BCUT2D eigenvalue weighted by Gasteiger charge is 2.20. The fraction of sp³-hybridized carbons (Fsp3) is 0.300. The molecule has 7 heteroatoms. The summed E-state index contributed by atoms with van der Waals surface area (Å²) in [7, 11) is -3.70. The lowest BCUT2D eigenvalue weighted by molar-refractivity contribution is 0.540. The Balaban J connectivity index is 1.65. The van der Waals surface area contributed by atoms with Crippen molar-refractivity contribution < 1.29 is 12.8 Å². The predicted molar refractivity (Wildman–Crippen MR) is 106 cm³/mol. The van der Waals surface area contributed by atoms with Crippen LogP contribution in [0.4, 0.5) is 5.69 Å². The number of hydrogen-bond donors (Lipinski definition) is 3. The molecule has 1 aliphatic heterocycles. The van der Waals surface area contributed by atoms with Gasteiger partial charge in [0.1, 0.15) is 5.58 Å². The number of rotatable bonds is 6. The third-order valence-electron chi connectivity index (χ3n) is 4.94. The van der Waals surface area contributed by atoms with E-state index in [9.17, 15) is 8.42 Å². The lowest BCUT2D eigenvalue weighted by Gasteiger charge is -2.14. The maximum absolute atomic E-state index is 13.0. The first-order valence-corrected chi connectivity index (χ1v) is 10.5. The molecular formula is C20H23N3O3S. The fourth-order valence-electron chi connectivity index (χ4n) is 3.39. The molecule has 1 aliphatic rings. The van der Waals surface area contributed by atoms with Crippen molar-refractivity contribution in [3.63, 3.8) is 0 Å². The second kappa shape index (κ2) is 7.34. The number of nitrogens with one attached hydrogen (secondary N) is 3. The summed E-state index contributed by atoms with van der Waals surface area (Å²) in [4.78, 5) is 0.237. The topological polar surface area (TPSA) is 83.4 Å². The minimum Gasteiger partial charge on any atom is -0.464 e. The normalized spacial score (nSPS) is 17.4. The summed E-state index contributed by atoms with van der Waals surface area (Å²) in [5.41, 5.74) is 3.03. The highest BCUT2D eigenvalue weighted by Crippen LogP contribution is 2.27. The maximum atomic E-state index is 13.0. The minimum atomic E-state index is -3.70. The van der Waals surface area contributed by atoms with Crippen LogP contribution in [-0.4, -0.2) is 27.5 Å². The van der Waals surface area contributed by atoms with Crippen molar-refractivity contribution in [2.45, 2.75) is 30.8 Å². The van der Waals surface area contributed by atoms with Crippen molar-refractivity contribution in [1.29, 1.82) is 0 Å². The average Bonchev–Trinajstić information content (AvgIpc) is 3.32. The minimum absolute atomic E-state index is 0.237. The Kier molecular flexibility index (Phi) is 4.90. The van der Waals surface area contributed by atoms with E-state index in [1.165, 1.54) is 0 Å². The lowest BCUT2D eigenvalue weighted by atomic mass is 10.1. The van der Waals surface area contributed by atoms with Crippen LogP contribution in [0.1, 0.15) is 17.5 Å². The third-order valence-corrected chi connectivity index (χ3v) is 6.29. The van der Waals surface area contributed by atoms with Crippen molar-refractivity contribution in [1.82, 2.24) is 10.6 Å². The van der Waals surface area contributed by atoms with Crippen LogP contribution in [0.15, 0.2) is 58.0 Å². The lowest BCUT2D eigenvalue weighted by Crippen LogP contribution is -2.30. The molecule has 27 heavy (non-hydrogen) atoms. The Morgan fingerprint density at radius 2 is 2.07 bits per heavy atom. The van der Waals surface area contributed by atoms with Gasteiger partial charge in [0.2, 0.25) is 0 Å². The van der Waals surface area contributed by atoms with Crippen LogP contribution in [0.3, 0.4) is 0 Å². The molecule has 1 saturated heterocycles. The molecule has 0 aliphatic carbocycles. The quantitative estimate of drug-likeness (QED) is 0.608. The molecule has 142 valence electrons. The van der Waals surface area contributed by atoms with Gasteiger partial charge in [-0.1, -0.05) is 18.2 Å². The molecule has 0 bridgehead atoms. The molecule has 2 aromatic carbocycles. The third kappa shape index (κ3) is 3.85. The van der Waals surface area contributed by atoms with Crippen molar-refractivity contribution in [2.75, 3.05) is 17.8 Å². The van der Waals surface area contributed by atoms with Gasteiger partial charge in [0.05, 0.1) is 16.8 Å². The highest BCUT2D eigenvalue weighted by atomic mass is 32.2. The van der Waals surface area contributed by atoms with Gasteiger partial charge in [-0.3, -0.25) is 4.72 Å². The van der Waals surface area contributed by atoms with E-state index >= 15 is 0 Å². The average molecular weight is 385 g/mol. The van der Waals surface area contributed by atoms with Crippen molar-refractivity contribution in [3.8, 4) is 0 Å². The van der Waals surface area contributed by atoms with Crippen molar-refractivity contribution in [2.24, 2.45) is 0 Å². The number of hydrogen-bond acceptors (Lipinski definition) is 5. The van der Waals surface area contributed by atoms with E-state index in [0.717, 1.165) is 41.6 Å². The number of anilines is 1. The molecule has 0 saturated carbocycles. The Morgan fingerprint density at radius 1 is 1.22 bits per heavy atom. The Labute approximate surface area is 159 Å². The Bertz CT molecular complexity index is 1050. The van der Waals surface area contributed by atoms with Gasteiger partial charge >= 0.3 is 0 Å². The highest BCUT2D eigenvalue weighted by molar-refractivity contribution is 7.92. The molecule has 0 unspecified atom stereocenters. The first kappa shape index (κ1) is 18.0. The van der Waals surface area contributed by atoms with E-state index in [1.54, 1.807) is 30.5 Å². The van der Waals surface area contributed by atoms with E-state index in [0.29, 0.717) is 18.3 Å². The van der Waals surface area contributed by atoms with Gasteiger partial charge in [-0.25, -0.2) is 8.42 Å². The van der Waals surface area contributed by atoms with Gasteiger partial charge in [-0.05, 0) is 49.7 Å². The van der Waals surface area contributed by atoms with Crippen LogP contribution < -0.4 is 15.4 Å². The van der Waals surface area contributed by atoms with E-state index < -0.39 is 10.0 Å². The summed E-state index contributed by atoms with van der Waals surface area (Å²) in [5, 5.41) is 7.58. The molecule has 1 aromatic heterocycles. The number of furan rings is 1. The molecular weight excluding hydrogens is 362 g/mol. The second-order valence-corrected chi connectivity index (χ2v) is 8.59. The van der Waals surface area contributed by atoms with Crippen molar-refractivity contribution in [3.05, 3.63) is 59.9 Å². The molecule has 0 spiro atoms. The number of sulfonamides is 1. The molecule has 3 N–H and O–H groups in total. The Hall–Kier alpha value is -2.35. The first-order chi connectivity index (χ1) is 13.0. The van der Waals surface area contributed by atoms with Crippen LogP contribution in [0.2, 0.25) is 0 Å². The molecule has 6 nitrogen and oxygen atoms in total. The smallest absolute Gasteiger partial charge is 0.261 e. The SMILES string of the molecule is Cc1ccccc1NS(=O)(=O)c1cc(CN[C@@H]2CCNC2)c2occc2c1. The van der Waals surface area contributed by atoms with Gasteiger partial charge in [0.15, 0.2) is 0 Å².